The lowest BCUT2D eigenvalue weighted by molar-refractivity contribution is 0.330. The molecule has 0 aliphatic heterocycles. The van der Waals surface area contributed by atoms with Crippen LogP contribution in [0.15, 0.2) is 42.9 Å². The van der Waals surface area contributed by atoms with Crippen LogP contribution in [0.3, 0.4) is 0 Å². The van der Waals surface area contributed by atoms with Gasteiger partial charge in [-0.2, -0.15) is 0 Å². The van der Waals surface area contributed by atoms with Crippen LogP contribution >= 0.6 is 12.2 Å². The van der Waals surface area contributed by atoms with Gasteiger partial charge in [0.1, 0.15) is 10.7 Å². The SMILES string of the molecule is CN(CCc1ccncc1)Cc1cccnc1C(N)=S. The van der Waals surface area contributed by atoms with Crippen molar-refractivity contribution in [2.75, 3.05) is 13.6 Å². The summed E-state index contributed by atoms with van der Waals surface area (Å²) in [5.41, 5.74) is 8.77. The predicted molar refractivity (Wildman–Crippen MR) is 84.4 cm³/mol. The van der Waals surface area contributed by atoms with Crippen LogP contribution in [-0.4, -0.2) is 33.4 Å². The van der Waals surface area contributed by atoms with Gasteiger partial charge in [-0.05, 0) is 42.8 Å². The van der Waals surface area contributed by atoms with Crippen LogP contribution in [0.2, 0.25) is 0 Å². The minimum atomic E-state index is 0.350. The van der Waals surface area contributed by atoms with Gasteiger partial charge in [0.05, 0.1) is 0 Å². The van der Waals surface area contributed by atoms with Crippen molar-refractivity contribution in [2.24, 2.45) is 5.73 Å². The average Bonchev–Trinajstić information content (AvgIpc) is 2.46. The van der Waals surface area contributed by atoms with Gasteiger partial charge in [0.2, 0.25) is 0 Å². The van der Waals surface area contributed by atoms with Crippen LogP contribution in [0.25, 0.3) is 0 Å². The Morgan fingerprint density at radius 2 is 2.00 bits per heavy atom. The normalized spacial score (nSPS) is 10.7. The minimum absolute atomic E-state index is 0.350. The number of aromatic nitrogens is 2. The highest BCUT2D eigenvalue weighted by Crippen LogP contribution is 2.09. The highest BCUT2D eigenvalue weighted by Gasteiger charge is 2.08. The molecule has 2 aromatic heterocycles. The van der Waals surface area contributed by atoms with Crippen molar-refractivity contribution in [2.45, 2.75) is 13.0 Å². The Bertz CT molecular complexity index is 571. The summed E-state index contributed by atoms with van der Waals surface area (Å²) in [5.74, 6) is 0. The lowest BCUT2D eigenvalue weighted by Crippen LogP contribution is -2.23. The van der Waals surface area contributed by atoms with Crippen LogP contribution < -0.4 is 5.73 Å². The Labute approximate surface area is 124 Å². The van der Waals surface area contributed by atoms with E-state index in [0.717, 1.165) is 30.8 Å². The Morgan fingerprint density at radius 3 is 2.70 bits per heavy atom. The molecule has 0 bridgehead atoms. The van der Waals surface area contributed by atoms with E-state index in [0.29, 0.717) is 4.99 Å². The second-order valence-electron chi connectivity index (χ2n) is 4.72. The quantitative estimate of drug-likeness (QED) is 0.820. The first-order valence-corrected chi connectivity index (χ1v) is 6.89. The van der Waals surface area contributed by atoms with Crippen molar-refractivity contribution in [1.29, 1.82) is 0 Å². The Morgan fingerprint density at radius 1 is 1.25 bits per heavy atom. The molecule has 5 heteroatoms. The van der Waals surface area contributed by atoms with Crippen molar-refractivity contribution in [3.8, 4) is 0 Å². The monoisotopic (exact) mass is 286 g/mol. The number of hydrogen-bond donors (Lipinski definition) is 1. The van der Waals surface area contributed by atoms with E-state index in [1.54, 1.807) is 6.20 Å². The second-order valence-corrected chi connectivity index (χ2v) is 5.16. The summed E-state index contributed by atoms with van der Waals surface area (Å²) >= 11 is 5.03. The van der Waals surface area contributed by atoms with Crippen LogP contribution in [0, 0.1) is 0 Å². The summed E-state index contributed by atoms with van der Waals surface area (Å²) in [4.78, 5) is 10.9. The molecule has 0 aliphatic carbocycles. The van der Waals surface area contributed by atoms with E-state index in [1.807, 2.05) is 36.7 Å². The molecular formula is C15H18N4S. The standard InChI is InChI=1S/C15H18N4S/c1-19(10-6-12-4-8-17-9-5-12)11-13-3-2-7-18-14(13)15(16)20/h2-5,7-9H,6,10-11H2,1H3,(H2,16,20). The van der Waals surface area contributed by atoms with Crippen molar-refractivity contribution in [1.82, 2.24) is 14.9 Å². The number of pyridine rings is 2. The maximum Gasteiger partial charge on any atom is 0.123 e. The summed E-state index contributed by atoms with van der Waals surface area (Å²) in [6, 6.07) is 8.01. The Hall–Kier alpha value is -1.85. The molecule has 2 N–H and O–H groups in total. The fourth-order valence-corrected chi connectivity index (χ4v) is 2.21. The highest BCUT2D eigenvalue weighted by molar-refractivity contribution is 7.80. The van der Waals surface area contributed by atoms with Crippen LogP contribution in [0.5, 0.6) is 0 Å². The summed E-state index contributed by atoms with van der Waals surface area (Å²) in [6.45, 7) is 1.74. The Balaban J connectivity index is 1.95. The highest BCUT2D eigenvalue weighted by atomic mass is 32.1. The smallest absolute Gasteiger partial charge is 0.123 e. The zero-order valence-corrected chi connectivity index (χ0v) is 12.3. The molecule has 0 spiro atoms. The predicted octanol–water partition coefficient (Wildman–Crippen LogP) is 1.79. The molecule has 0 fully saturated rings. The lowest BCUT2D eigenvalue weighted by Gasteiger charge is -2.18. The van der Waals surface area contributed by atoms with Crippen molar-refractivity contribution in [3.63, 3.8) is 0 Å². The summed E-state index contributed by atoms with van der Waals surface area (Å²) in [7, 11) is 2.08. The average molecular weight is 286 g/mol. The molecule has 2 aromatic rings. The van der Waals surface area contributed by atoms with E-state index in [-0.39, 0.29) is 0 Å². The van der Waals surface area contributed by atoms with E-state index in [1.165, 1.54) is 5.56 Å². The van der Waals surface area contributed by atoms with E-state index in [2.05, 4.69) is 21.9 Å². The molecular weight excluding hydrogens is 268 g/mol. The minimum Gasteiger partial charge on any atom is -0.388 e. The van der Waals surface area contributed by atoms with Gasteiger partial charge in [-0.1, -0.05) is 18.3 Å². The number of nitrogens with zero attached hydrogens (tertiary/aromatic N) is 3. The first kappa shape index (κ1) is 14.6. The number of thiocarbonyl (C=S) groups is 1. The third kappa shape index (κ3) is 4.08. The molecule has 20 heavy (non-hydrogen) atoms. The van der Waals surface area contributed by atoms with Crippen molar-refractivity contribution >= 4 is 17.2 Å². The molecule has 0 saturated heterocycles. The van der Waals surface area contributed by atoms with Gasteiger partial charge in [0.25, 0.3) is 0 Å². The van der Waals surface area contributed by atoms with Gasteiger partial charge in [0, 0.05) is 31.7 Å². The second kappa shape index (κ2) is 7.07. The molecule has 2 heterocycles. The molecule has 2 rings (SSSR count). The Kier molecular flexibility index (Phi) is 5.15. The van der Waals surface area contributed by atoms with Gasteiger partial charge < -0.3 is 10.6 Å². The van der Waals surface area contributed by atoms with E-state index >= 15 is 0 Å². The van der Waals surface area contributed by atoms with E-state index in [9.17, 15) is 0 Å². The third-order valence-corrected chi connectivity index (χ3v) is 3.29. The zero-order chi connectivity index (χ0) is 14.4. The fraction of sp³-hybridized carbons (Fsp3) is 0.267. The van der Waals surface area contributed by atoms with Gasteiger partial charge in [-0.3, -0.25) is 9.97 Å². The van der Waals surface area contributed by atoms with Crippen molar-refractivity contribution < 1.29 is 0 Å². The van der Waals surface area contributed by atoms with Crippen LogP contribution in [0.4, 0.5) is 0 Å². The lowest BCUT2D eigenvalue weighted by atomic mass is 10.1. The van der Waals surface area contributed by atoms with Gasteiger partial charge in [-0.15, -0.1) is 0 Å². The fourth-order valence-electron chi connectivity index (χ4n) is 2.03. The summed E-state index contributed by atoms with van der Waals surface area (Å²) in [6.07, 6.45) is 6.35. The molecule has 0 aliphatic rings. The molecule has 0 atom stereocenters. The zero-order valence-electron chi connectivity index (χ0n) is 11.5. The van der Waals surface area contributed by atoms with Gasteiger partial charge in [0.15, 0.2) is 0 Å². The summed E-state index contributed by atoms with van der Waals surface area (Å²) in [5, 5.41) is 0. The van der Waals surface area contributed by atoms with Crippen molar-refractivity contribution in [3.05, 3.63) is 59.7 Å². The topological polar surface area (TPSA) is 55.0 Å². The third-order valence-electron chi connectivity index (χ3n) is 3.10. The molecule has 4 nitrogen and oxygen atoms in total. The first-order valence-electron chi connectivity index (χ1n) is 6.48. The largest absolute Gasteiger partial charge is 0.388 e. The molecule has 0 aromatic carbocycles. The maximum atomic E-state index is 5.70. The molecule has 0 saturated carbocycles. The number of hydrogen-bond acceptors (Lipinski definition) is 4. The van der Waals surface area contributed by atoms with Crippen LogP contribution in [0.1, 0.15) is 16.8 Å². The molecule has 0 radical (unpaired) electrons. The van der Waals surface area contributed by atoms with E-state index in [4.69, 9.17) is 18.0 Å². The first-order chi connectivity index (χ1) is 9.66. The van der Waals surface area contributed by atoms with Gasteiger partial charge in [-0.25, -0.2) is 0 Å². The van der Waals surface area contributed by atoms with Gasteiger partial charge >= 0.3 is 0 Å². The maximum absolute atomic E-state index is 5.70. The van der Waals surface area contributed by atoms with Crippen LogP contribution in [-0.2, 0) is 13.0 Å². The molecule has 0 unspecified atom stereocenters. The summed E-state index contributed by atoms with van der Waals surface area (Å²) < 4.78 is 0. The number of rotatable bonds is 6. The van der Waals surface area contributed by atoms with E-state index < -0.39 is 0 Å². The number of likely N-dealkylation sites (N-methyl/N-ethyl adjacent to an activating group) is 1. The number of nitrogens with two attached hydrogens (primary N) is 1. The molecule has 0 amide bonds. The molecule has 104 valence electrons.